The van der Waals surface area contributed by atoms with Crippen molar-refractivity contribution in [2.45, 2.75) is 39.5 Å². The summed E-state index contributed by atoms with van der Waals surface area (Å²) in [5.41, 5.74) is 2.52. The first-order chi connectivity index (χ1) is 7.29. The summed E-state index contributed by atoms with van der Waals surface area (Å²) in [5, 5.41) is 3.40. The van der Waals surface area contributed by atoms with Crippen molar-refractivity contribution in [2.24, 2.45) is 5.92 Å². The van der Waals surface area contributed by atoms with Gasteiger partial charge in [0.05, 0.1) is 5.69 Å². The lowest BCUT2D eigenvalue weighted by Crippen LogP contribution is -2.11. The van der Waals surface area contributed by atoms with E-state index in [4.69, 9.17) is 0 Å². The van der Waals surface area contributed by atoms with Gasteiger partial charge in [0, 0.05) is 12.1 Å². The molecule has 1 saturated heterocycles. The quantitative estimate of drug-likeness (QED) is 0.790. The third kappa shape index (κ3) is 2.59. The highest BCUT2D eigenvalue weighted by Gasteiger charge is 2.17. The number of hydrogen-bond acceptors (Lipinski definition) is 2. The lowest BCUT2D eigenvalue weighted by Gasteiger charge is -2.04. The number of aromatic nitrogens is 2. The van der Waals surface area contributed by atoms with Crippen molar-refractivity contribution in [2.75, 3.05) is 13.1 Å². The van der Waals surface area contributed by atoms with Crippen molar-refractivity contribution in [3.05, 3.63) is 17.2 Å². The first-order valence-electron chi connectivity index (χ1n) is 6.04. The Kier molecular flexibility index (Phi) is 3.41. The highest BCUT2D eigenvalue weighted by Crippen LogP contribution is 2.15. The molecule has 1 aliphatic heterocycles. The molecule has 0 radical (unpaired) electrons. The summed E-state index contributed by atoms with van der Waals surface area (Å²) in [6.07, 6.45) is 4.68. The van der Waals surface area contributed by atoms with E-state index >= 15 is 0 Å². The summed E-state index contributed by atoms with van der Waals surface area (Å²) in [5.74, 6) is 1.97. The Morgan fingerprint density at radius 2 is 2.33 bits per heavy atom. The minimum absolute atomic E-state index is 0.782. The average Bonchev–Trinajstić information content (AvgIpc) is 2.79. The smallest absolute Gasteiger partial charge is 0.106 e. The number of aromatic amines is 1. The molecule has 1 aromatic heterocycles. The third-order valence-electron chi connectivity index (χ3n) is 3.17. The van der Waals surface area contributed by atoms with Crippen LogP contribution >= 0.6 is 0 Å². The van der Waals surface area contributed by atoms with Crippen LogP contribution in [0.5, 0.6) is 0 Å². The van der Waals surface area contributed by atoms with Gasteiger partial charge in [0.2, 0.25) is 0 Å². The monoisotopic (exact) mass is 207 g/mol. The molecule has 0 saturated carbocycles. The zero-order valence-electron chi connectivity index (χ0n) is 9.77. The van der Waals surface area contributed by atoms with Gasteiger partial charge in [-0.25, -0.2) is 4.98 Å². The molecule has 0 amide bonds. The van der Waals surface area contributed by atoms with E-state index in [9.17, 15) is 0 Å². The second-order valence-electron chi connectivity index (χ2n) is 4.57. The van der Waals surface area contributed by atoms with Crippen molar-refractivity contribution in [3.8, 4) is 0 Å². The molecule has 1 unspecified atom stereocenters. The fourth-order valence-corrected chi connectivity index (χ4v) is 2.30. The zero-order chi connectivity index (χ0) is 10.7. The van der Waals surface area contributed by atoms with Gasteiger partial charge in [-0.2, -0.15) is 0 Å². The van der Waals surface area contributed by atoms with Gasteiger partial charge >= 0.3 is 0 Å². The normalized spacial score (nSPS) is 21.1. The standard InChI is InChI=1S/C12H21N3/c1-3-4-11-9(2)14-12(15-11)7-10-5-6-13-8-10/h10,13H,3-8H2,1-2H3,(H,14,15). The molecule has 1 aromatic rings. The van der Waals surface area contributed by atoms with Crippen molar-refractivity contribution >= 4 is 0 Å². The van der Waals surface area contributed by atoms with Gasteiger partial charge in [0.15, 0.2) is 0 Å². The highest BCUT2D eigenvalue weighted by atomic mass is 14.9. The lowest BCUT2D eigenvalue weighted by molar-refractivity contribution is 0.564. The van der Waals surface area contributed by atoms with Gasteiger partial charge in [-0.15, -0.1) is 0 Å². The number of aryl methyl sites for hydroxylation is 2. The molecular formula is C12H21N3. The first-order valence-corrected chi connectivity index (χ1v) is 6.04. The Hall–Kier alpha value is -0.830. The summed E-state index contributed by atoms with van der Waals surface area (Å²) in [6, 6.07) is 0. The molecule has 1 aliphatic rings. The fourth-order valence-electron chi connectivity index (χ4n) is 2.30. The molecule has 15 heavy (non-hydrogen) atoms. The Morgan fingerprint density at radius 3 is 3.00 bits per heavy atom. The lowest BCUT2D eigenvalue weighted by atomic mass is 10.1. The third-order valence-corrected chi connectivity index (χ3v) is 3.17. The fraction of sp³-hybridized carbons (Fsp3) is 0.750. The summed E-state index contributed by atoms with van der Waals surface area (Å²) >= 11 is 0. The van der Waals surface area contributed by atoms with Crippen LogP contribution in [-0.2, 0) is 12.8 Å². The van der Waals surface area contributed by atoms with Crippen LogP contribution in [0, 0.1) is 12.8 Å². The highest BCUT2D eigenvalue weighted by molar-refractivity contribution is 5.13. The van der Waals surface area contributed by atoms with Gasteiger partial charge in [0.1, 0.15) is 5.82 Å². The predicted molar refractivity (Wildman–Crippen MR) is 62.0 cm³/mol. The van der Waals surface area contributed by atoms with E-state index in [0.717, 1.165) is 25.3 Å². The summed E-state index contributed by atoms with van der Waals surface area (Å²) < 4.78 is 0. The van der Waals surface area contributed by atoms with E-state index in [1.807, 2.05) is 0 Å². The Balaban J connectivity index is 1.98. The van der Waals surface area contributed by atoms with Crippen LogP contribution in [0.1, 0.15) is 37.0 Å². The molecule has 2 heterocycles. The second kappa shape index (κ2) is 4.79. The van der Waals surface area contributed by atoms with Gasteiger partial charge < -0.3 is 10.3 Å². The maximum atomic E-state index is 4.68. The number of rotatable bonds is 4. The van der Waals surface area contributed by atoms with E-state index in [-0.39, 0.29) is 0 Å². The van der Waals surface area contributed by atoms with E-state index in [0.29, 0.717) is 0 Å². The van der Waals surface area contributed by atoms with Crippen LogP contribution in [-0.4, -0.2) is 23.1 Å². The molecule has 0 bridgehead atoms. The molecule has 1 fully saturated rings. The predicted octanol–water partition coefficient (Wildman–Crippen LogP) is 1.82. The molecule has 2 N–H and O–H groups in total. The molecule has 0 aliphatic carbocycles. The van der Waals surface area contributed by atoms with E-state index < -0.39 is 0 Å². The maximum Gasteiger partial charge on any atom is 0.106 e. The molecule has 3 nitrogen and oxygen atoms in total. The van der Waals surface area contributed by atoms with Gasteiger partial charge in [0.25, 0.3) is 0 Å². The first kappa shape index (κ1) is 10.7. The van der Waals surface area contributed by atoms with Crippen LogP contribution in [0.25, 0.3) is 0 Å². The molecule has 1 atom stereocenters. The van der Waals surface area contributed by atoms with Crippen molar-refractivity contribution in [3.63, 3.8) is 0 Å². The van der Waals surface area contributed by atoms with Crippen molar-refractivity contribution < 1.29 is 0 Å². The largest absolute Gasteiger partial charge is 0.346 e. The number of H-pyrrole nitrogens is 1. The summed E-state index contributed by atoms with van der Waals surface area (Å²) in [7, 11) is 0. The molecule has 2 rings (SSSR count). The SMILES string of the molecule is CCCc1nc(CC2CCNC2)[nH]c1C. The maximum absolute atomic E-state index is 4.68. The van der Waals surface area contributed by atoms with Crippen LogP contribution in [0.2, 0.25) is 0 Å². The van der Waals surface area contributed by atoms with Gasteiger partial charge in [-0.05, 0) is 38.8 Å². The van der Waals surface area contributed by atoms with Crippen LogP contribution in [0.3, 0.4) is 0 Å². The number of nitrogens with one attached hydrogen (secondary N) is 2. The van der Waals surface area contributed by atoms with Gasteiger partial charge in [-0.1, -0.05) is 13.3 Å². The van der Waals surface area contributed by atoms with Crippen molar-refractivity contribution in [1.29, 1.82) is 0 Å². The second-order valence-corrected chi connectivity index (χ2v) is 4.57. The van der Waals surface area contributed by atoms with E-state index in [1.54, 1.807) is 0 Å². The number of nitrogens with zero attached hydrogens (tertiary/aromatic N) is 1. The van der Waals surface area contributed by atoms with Crippen LogP contribution < -0.4 is 5.32 Å². The molecule has 0 aromatic carbocycles. The summed E-state index contributed by atoms with van der Waals surface area (Å²) in [6.45, 7) is 6.66. The topological polar surface area (TPSA) is 40.7 Å². The van der Waals surface area contributed by atoms with E-state index in [1.165, 1.54) is 36.6 Å². The van der Waals surface area contributed by atoms with Gasteiger partial charge in [-0.3, -0.25) is 0 Å². The Bertz CT molecular complexity index is 311. The van der Waals surface area contributed by atoms with E-state index in [2.05, 4.69) is 29.1 Å². The van der Waals surface area contributed by atoms with Crippen molar-refractivity contribution in [1.82, 2.24) is 15.3 Å². The molecule has 84 valence electrons. The number of imidazole rings is 1. The number of hydrogen-bond donors (Lipinski definition) is 2. The Morgan fingerprint density at radius 1 is 1.47 bits per heavy atom. The molecule has 3 heteroatoms. The molecular weight excluding hydrogens is 186 g/mol. The zero-order valence-corrected chi connectivity index (χ0v) is 9.77. The average molecular weight is 207 g/mol. The van der Waals surface area contributed by atoms with Crippen LogP contribution in [0.4, 0.5) is 0 Å². The Labute approximate surface area is 91.7 Å². The minimum atomic E-state index is 0.782. The minimum Gasteiger partial charge on any atom is -0.346 e. The molecule has 0 spiro atoms. The summed E-state index contributed by atoms with van der Waals surface area (Å²) in [4.78, 5) is 8.10. The van der Waals surface area contributed by atoms with Crippen LogP contribution in [0.15, 0.2) is 0 Å².